The third-order valence-electron chi connectivity index (χ3n) is 1.93. The normalized spacial score (nSPS) is 22.1. The van der Waals surface area contributed by atoms with Crippen LogP contribution in [0.4, 0.5) is 0 Å². The van der Waals surface area contributed by atoms with Gasteiger partial charge in [0.1, 0.15) is 0 Å². The molecule has 2 atom stereocenters. The van der Waals surface area contributed by atoms with Crippen LogP contribution in [0.15, 0.2) is 24.3 Å². The minimum atomic E-state index is -1.17. The molecule has 0 heterocycles. The van der Waals surface area contributed by atoms with E-state index in [0.717, 1.165) is 6.42 Å². The Morgan fingerprint density at radius 3 is 2.77 bits per heavy atom. The van der Waals surface area contributed by atoms with E-state index in [-0.39, 0.29) is 35.5 Å². The summed E-state index contributed by atoms with van der Waals surface area (Å²) < 4.78 is 0. The van der Waals surface area contributed by atoms with Gasteiger partial charge in [-0.15, -0.1) is 0 Å². The molecule has 0 bridgehead atoms. The summed E-state index contributed by atoms with van der Waals surface area (Å²) in [5.74, 6) is -0.916. The van der Waals surface area contributed by atoms with Crippen LogP contribution in [0.1, 0.15) is 12.8 Å². The molecule has 0 aromatic rings. The van der Waals surface area contributed by atoms with Crippen molar-refractivity contribution in [3.05, 3.63) is 24.3 Å². The molecule has 1 aliphatic carbocycles. The zero-order valence-corrected chi connectivity index (χ0v) is 9.77. The van der Waals surface area contributed by atoms with Gasteiger partial charge in [-0.25, -0.2) is 0 Å². The number of hydrogen-bond donors (Lipinski definition) is 1. The van der Waals surface area contributed by atoms with Crippen molar-refractivity contribution < 1.29 is 39.5 Å². The molecule has 2 N–H and O–H groups in total. The Morgan fingerprint density at radius 2 is 2.31 bits per heavy atom. The van der Waals surface area contributed by atoms with Gasteiger partial charge in [0.15, 0.2) is 0 Å². The molecule has 0 aromatic carbocycles. The van der Waals surface area contributed by atoms with Gasteiger partial charge < -0.3 is 15.6 Å². The second-order valence-electron chi connectivity index (χ2n) is 2.97. The Hall–Kier alpha value is -0.0900. The Bertz CT molecular complexity index is 226. The largest absolute Gasteiger partial charge is 1.00 e. The molecule has 0 aromatic heterocycles. The summed E-state index contributed by atoms with van der Waals surface area (Å²) in [5, 5.41) is 10.3. The topological polar surface area (TPSA) is 66.2 Å². The van der Waals surface area contributed by atoms with Gasteiger partial charge in [-0.3, -0.25) is 0 Å². The molecule has 0 saturated heterocycles. The van der Waals surface area contributed by atoms with Crippen LogP contribution in [0.5, 0.6) is 0 Å². The van der Waals surface area contributed by atoms with Crippen LogP contribution in [0.2, 0.25) is 0 Å². The molecule has 1 rings (SSSR count). The average Bonchev–Trinajstić information content (AvgIpc) is 2.06. The van der Waals surface area contributed by atoms with Crippen LogP contribution >= 0.6 is 0 Å². The van der Waals surface area contributed by atoms with Gasteiger partial charge in [-0.2, -0.15) is 0 Å². The number of rotatable bonds is 3. The summed E-state index contributed by atoms with van der Waals surface area (Å²) in [4.78, 5) is 10.3. The zero-order chi connectivity index (χ0) is 8.97. The van der Waals surface area contributed by atoms with Crippen LogP contribution in [0, 0.1) is 5.92 Å². The maximum absolute atomic E-state index is 10.3. The van der Waals surface area contributed by atoms with Crippen molar-refractivity contribution in [1.82, 2.24) is 0 Å². The Kier molecular flexibility index (Phi) is 6.33. The summed E-state index contributed by atoms with van der Waals surface area (Å²) in [6.45, 7) is 0. The predicted octanol–water partition coefficient (Wildman–Crippen LogP) is -3.41. The first kappa shape index (κ1) is 12.9. The summed E-state index contributed by atoms with van der Waals surface area (Å²) >= 11 is 0. The molecule has 0 amide bonds. The average molecular weight is 189 g/mol. The molecule has 0 fully saturated rings. The minimum absolute atomic E-state index is 0. The molecule has 66 valence electrons. The molecule has 0 spiro atoms. The van der Waals surface area contributed by atoms with Crippen molar-refractivity contribution in [2.75, 3.05) is 0 Å². The summed E-state index contributed by atoms with van der Waals surface area (Å²) in [6, 6.07) is -0.842. The maximum atomic E-state index is 10.3. The third-order valence-corrected chi connectivity index (χ3v) is 1.93. The fourth-order valence-electron chi connectivity index (χ4n) is 1.23. The maximum Gasteiger partial charge on any atom is 1.00 e. The molecule has 1 unspecified atom stereocenters. The van der Waals surface area contributed by atoms with E-state index < -0.39 is 12.0 Å². The fraction of sp³-hybridized carbons (Fsp3) is 0.444. The number of nitrogens with two attached hydrogens (primary N) is 1. The molecule has 0 radical (unpaired) electrons. The summed E-state index contributed by atoms with van der Waals surface area (Å²) in [7, 11) is 0. The van der Waals surface area contributed by atoms with Crippen LogP contribution in [0.3, 0.4) is 0 Å². The van der Waals surface area contributed by atoms with Gasteiger partial charge >= 0.3 is 29.6 Å². The van der Waals surface area contributed by atoms with E-state index in [2.05, 4.69) is 0 Å². The first-order valence-electron chi connectivity index (χ1n) is 4.00. The molecule has 0 aliphatic heterocycles. The molecule has 4 heteroatoms. The van der Waals surface area contributed by atoms with Crippen LogP contribution in [0.25, 0.3) is 0 Å². The van der Waals surface area contributed by atoms with Gasteiger partial charge in [0.2, 0.25) is 0 Å². The van der Waals surface area contributed by atoms with E-state index in [1.54, 1.807) is 0 Å². The van der Waals surface area contributed by atoms with E-state index >= 15 is 0 Å². The molecule has 1 aliphatic rings. The smallest absolute Gasteiger partial charge is 0.548 e. The second kappa shape index (κ2) is 6.38. The predicted molar refractivity (Wildman–Crippen MR) is 44.0 cm³/mol. The number of aliphatic carboxylic acids is 1. The standard InChI is InChI=1S/C9H13NO2.Na/c10-8(9(11)12)6-7-4-2-1-3-5-7;/h1-4,7-8H,5-6,10H2,(H,11,12);/q;+1/p-1/t7?,8-;/m0./s1. The number of hydrogen-bond acceptors (Lipinski definition) is 3. The summed E-state index contributed by atoms with van der Waals surface area (Å²) in [6.07, 6.45) is 9.17. The first-order chi connectivity index (χ1) is 5.70. The van der Waals surface area contributed by atoms with Gasteiger partial charge in [0.05, 0.1) is 5.97 Å². The fourth-order valence-corrected chi connectivity index (χ4v) is 1.23. The summed E-state index contributed by atoms with van der Waals surface area (Å²) in [5.41, 5.74) is 5.33. The monoisotopic (exact) mass is 189 g/mol. The van der Waals surface area contributed by atoms with E-state index in [1.807, 2.05) is 24.3 Å². The van der Waals surface area contributed by atoms with E-state index in [1.165, 1.54) is 0 Å². The minimum Gasteiger partial charge on any atom is -0.548 e. The molecule has 0 saturated carbocycles. The van der Waals surface area contributed by atoms with Gasteiger partial charge in [0.25, 0.3) is 0 Å². The van der Waals surface area contributed by atoms with Crippen LogP contribution in [-0.2, 0) is 4.79 Å². The quantitative estimate of drug-likeness (QED) is 0.470. The number of carbonyl (C=O) groups excluding carboxylic acids is 1. The molecule has 3 nitrogen and oxygen atoms in total. The first-order valence-corrected chi connectivity index (χ1v) is 4.00. The van der Waals surface area contributed by atoms with E-state index in [4.69, 9.17) is 5.73 Å². The van der Waals surface area contributed by atoms with Crippen molar-refractivity contribution in [2.45, 2.75) is 18.9 Å². The van der Waals surface area contributed by atoms with Gasteiger partial charge in [0, 0.05) is 6.04 Å². The Labute approximate surface area is 100.0 Å². The van der Waals surface area contributed by atoms with Crippen molar-refractivity contribution >= 4 is 5.97 Å². The zero-order valence-electron chi connectivity index (χ0n) is 7.77. The van der Waals surface area contributed by atoms with Gasteiger partial charge in [-0.1, -0.05) is 24.3 Å². The Balaban J connectivity index is 0.00000144. The van der Waals surface area contributed by atoms with Crippen molar-refractivity contribution in [1.29, 1.82) is 0 Å². The number of carbonyl (C=O) groups is 1. The van der Waals surface area contributed by atoms with Crippen molar-refractivity contribution in [3.8, 4) is 0 Å². The molecular weight excluding hydrogens is 177 g/mol. The van der Waals surface area contributed by atoms with E-state index in [0.29, 0.717) is 6.42 Å². The SMILES string of the molecule is N[C@@H](CC1C=CC=CC1)C(=O)[O-].[Na+]. The third kappa shape index (κ3) is 4.62. The molecule has 13 heavy (non-hydrogen) atoms. The molecular formula is C9H12NNaO2. The van der Waals surface area contributed by atoms with E-state index in [9.17, 15) is 9.90 Å². The number of carboxylic acid groups (broad SMARTS) is 1. The Morgan fingerprint density at radius 1 is 1.62 bits per heavy atom. The number of allylic oxidation sites excluding steroid dienone is 4. The van der Waals surface area contributed by atoms with Crippen molar-refractivity contribution in [3.63, 3.8) is 0 Å². The number of carboxylic acids is 1. The van der Waals surface area contributed by atoms with Crippen LogP contribution in [-0.4, -0.2) is 12.0 Å². The second-order valence-corrected chi connectivity index (χ2v) is 2.97. The van der Waals surface area contributed by atoms with Gasteiger partial charge in [-0.05, 0) is 18.8 Å². The van der Waals surface area contributed by atoms with Crippen LogP contribution < -0.4 is 40.4 Å². The van der Waals surface area contributed by atoms with Crippen molar-refractivity contribution in [2.24, 2.45) is 11.7 Å².